The minimum absolute atomic E-state index is 0.177. The Hall–Kier alpha value is -3.30. The van der Waals surface area contributed by atoms with E-state index in [0.29, 0.717) is 17.0 Å². The summed E-state index contributed by atoms with van der Waals surface area (Å²) in [5, 5.41) is 0. The number of aromatic nitrogens is 2. The second-order valence-corrected chi connectivity index (χ2v) is 10.2. The predicted molar refractivity (Wildman–Crippen MR) is 124 cm³/mol. The van der Waals surface area contributed by atoms with Gasteiger partial charge in [0, 0.05) is 22.9 Å². The number of sulfonamides is 1. The number of ether oxygens (including phenoxy) is 2. The van der Waals surface area contributed by atoms with Crippen molar-refractivity contribution < 1.29 is 22.7 Å². The van der Waals surface area contributed by atoms with Crippen molar-refractivity contribution in [3.63, 3.8) is 0 Å². The molecule has 0 atom stereocenters. The van der Waals surface area contributed by atoms with Crippen molar-refractivity contribution in [3.05, 3.63) is 71.7 Å². The van der Waals surface area contributed by atoms with Gasteiger partial charge in [-0.15, -0.1) is 0 Å². The molecule has 9 heteroatoms. The SMILES string of the molecule is COC(=O)c1ccc(OCc2ccc(-c3cc(C)ccc3S(=O)(=O)NC(C)(C)C)nc2)cn1. The van der Waals surface area contributed by atoms with Gasteiger partial charge in [-0.1, -0.05) is 17.7 Å². The lowest BCUT2D eigenvalue weighted by atomic mass is 10.1. The van der Waals surface area contributed by atoms with Gasteiger partial charge in [0.2, 0.25) is 10.0 Å². The number of carbonyl (C=O) groups is 1. The molecule has 0 saturated carbocycles. The molecule has 0 aliphatic rings. The summed E-state index contributed by atoms with van der Waals surface area (Å²) in [6, 6.07) is 11.9. The first-order chi connectivity index (χ1) is 15.5. The molecule has 2 aromatic heterocycles. The highest BCUT2D eigenvalue weighted by Gasteiger charge is 2.25. The van der Waals surface area contributed by atoms with Gasteiger partial charge in [-0.25, -0.2) is 22.9 Å². The maximum Gasteiger partial charge on any atom is 0.356 e. The standard InChI is InChI=1S/C24H27N3O5S/c1-16-6-11-22(33(29,30)27-24(2,3)4)19(12-16)20-9-7-17(13-25-20)15-32-18-8-10-21(26-14-18)23(28)31-5/h6-14,27H,15H2,1-5H3. The Morgan fingerprint density at radius 3 is 2.36 bits per heavy atom. The van der Waals surface area contributed by atoms with E-state index >= 15 is 0 Å². The van der Waals surface area contributed by atoms with E-state index < -0.39 is 21.5 Å². The van der Waals surface area contributed by atoms with Crippen LogP contribution in [0.1, 0.15) is 42.4 Å². The van der Waals surface area contributed by atoms with Gasteiger partial charge in [-0.2, -0.15) is 0 Å². The topological polar surface area (TPSA) is 107 Å². The van der Waals surface area contributed by atoms with Crippen LogP contribution in [0.4, 0.5) is 0 Å². The maximum absolute atomic E-state index is 13.0. The molecule has 174 valence electrons. The summed E-state index contributed by atoms with van der Waals surface area (Å²) in [6.07, 6.45) is 3.08. The Bertz CT molecular complexity index is 1230. The van der Waals surface area contributed by atoms with Crippen LogP contribution in [0.5, 0.6) is 5.75 Å². The van der Waals surface area contributed by atoms with E-state index in [1.54, 1.807) is 51.2 Å². The molecule has 0 radical (unpaired) electrons. The van der Waals surface area contributed by atoms with Gasteiger partial charge in [0.05, 0.1) is 23.9 Å². The molecular formula is C24H27N3O5S. The van der Waals surface area contributed by atoms with E-state index in [1.165, 1.54) is 19.4 Å². The quantitative estimate of drug-likeness (QED) is 0.523. The minimum atomic E-state index is -3.74. The summed E-state index contributed by atoms with van der Waals surface area (Å²) in [7, 11) is -2.44. The number of hydrogen-bond donors (Lipinski definition) is 1. The molecule has 1 N–H and O–H groups in total. The number of hydrogen-bond acceptors (Lipinski definition) is 7. The van der Waals surface area contributed by atoms with Crippen LogP contribution in [0.3, 0.4) is 0 Å². The largest absolute Gasteiger partial charge is 0.487 e. The van der Waals surface area contributed by atoms with Crippen molar-refractivity contribution in [2.24, 2.45) is 0 Å². The second kappa shape index (κ2) is 9.68. The van der Waals surface area contributed by atoms with Crippen molar-refractivity contribution in [3.8, 4) is 17.0 Å². The number of carbonyl (C=O) groups excluding carboxylic acids is 1. The van der Waals surface area contributed by atoms with Gasteiger partial charge in [0.1, 0.15) is 18.1 Å². The molecule has 2 heterocycles. The number of aryl methyl sites for hydroxylation is 1. The Morgan fingerprint density at radius 1 is 1.03 bits per heavy atom. The fraction of sp³-hybridized carbons (Fsp3) is 0.292. The molecule has 0 aliphatic heterocycles. The zero-order valence-electron chi connectivity index (χ0n) is 19.2. The van der Waals surface area contributed by atoms with Gasteiger partial charge >= 0.3 is 5.97 Å². The van der Waals surface area contributed by atoms with E-state index in [2.05, 4.69) is 19.4 Å². The third kappa shape index (κ3) is 6.36. The van der Waals surface area contributed by atoms with Crippen LogP contribution >= 0.6 is 0 Å². The van der Waals surface area contributed by atoms with Crippen molar-refractivity contribution in [2.45, 2.75) is 44.7 Å². The predicted octanol–water partition coefficient (Wildman–Crippen LogP) is 3.89. The molecule has 0 fully saturated rings. The first kappa shape index (κ1) is 24.3. The molecule has 8 nitrogen and oxygen atoms in total. The molecule has 0 saturated heterocycles. The molecule has 0 spiro atoms. The van der Waals surface area contributed by atoms with Gasteiger partial charge in [0.15, 0.2) is 0 Å². The fourth-order valence-electron chi connectivity index (χ4n) is 3.06. The van der Waals surface area contributed by atoms with Gasteiger partial charge < -0.3 is 9.47 Å². The number of nitrogens with one attached hydrogen (secondary N) is 1. The average molecular weight is 470 g/mol. The Kier molecular flexibility index (Phi) is 7.14. The van der Waals surface area contributed by atoms with Crippen molar-refractivity contribution in [2.75, 3.05) is 7.11 Å². The number of esters is 1. The Morgan fingerprint density at radius 2 is 1.79 bits per heavy atom. The first-order valence-electron chi connectivity index (χ1n) is 10.3. The van der Waals surface area contributed by atoms with Crippen molar-refractivity contribution >= 4 is 16.0 Å². The second-order valence-electron chi connectivity index (χ2n) is 8.57. The van der Waals surface area contributed by atoms with Crippen LogP contribution in [0, 0.1) is 6.92 Å². The van der Waals surface area contributed by atoms with Crippen LogP contribution in [0.25, 0.3) is 11.3 Å². The Labute approximate surface area is 194 Å². The smallest absolute Gasteiger partial charge is 0.356 e. The third-order valence-electron chi connectivity index (χ3n) is 4.50. The summed E-state index contributed by atoms with van der Waals surface area (Å²) >= 11 is 0. The zero-order chi connectivity index (χ0) is 24.2. The molecular weight excluding hydrogens is 442 g/mol. The molecule has 0 amide bonds. The molecule has 0 bridgehead atoms. The molecule has 1 aromatic carbocycles. The molecule has 0 aliphatic carbocycles. The van der Waals surface area contributed by atoms with E-state index in [1.807, 2.05) is 19.1 Å². The normalized spacial score (nSPS) is 11.8. The van der Waals surface area contributed by atoms with E-state index in [-0.39, 0.29) is 17.2 Å². The van der Waals surface area contributed by atoms with Crippen LogP contribution in [-0.2, 0) is 21.4 Å². The molecule has 3 rings (SSSR count). The third-order valence-corrected chi connectivity index (χ3v) is 6.32. The van der Waals surface area contributed by atoms with Crippen LogP contribution in [-0.4, -0.2) is 37.0 Å². The van der Waals surface area contributed by atoms with Crippen molar-refractivity contribution in [1.82, 2.24) is 14.7 Å². The van der Waals surface area contributed by atoms with E-state index in [4.69, 9.17) is 4.74 Å². The summed E-state index contributed by atoms with van der Waals surface area (Å²) in [5.74, 6) is -0.0244. The van der Waals surface area contributed by atoms with E-state index in [0.717, 1.165) is 11.1 Å². The monoisotopic (exact) mass is 469 g/mol. The van der Waals surface area contributed by atoms with Crippen LogP contribution in [0.15, 0.2) is 59.8 Å². The lowest BCUT2D eigenvalue weighted by Crippen LogP contribution is -2.40. The maximum atomic E-state index is 13.0. The van der Waals surface area contributed by atoms with Crippen LogP contribution in [0.2, 0.25) is 0 Å². The lowest BCUT2D eigenvalue weighted by molar-refractivity contribution is 0.0594. The highest BCUT2D eigenvalue weighted by molar-refractivity contribution is 7.89. The number of benzene rings is 1. The van der Waals surface area contributed by atoms with Crippen LogP contribution < -0.4 is 9.46 Å². The molecule has 33 heavy (non-hydrogen) atoms. The molecule has 0 unspecified atom stereocenters. The molecule has 3 aromatic rings. The first-order valence-corrected chi connectivity index (χ1v) is 11.7. The van der Waals surface area contributed by atoms with Gasteiger partial charge in [-0.05, 0) is 58.0 Å². The van der Waals surface area contributed by atoms with E-state index in [9.17, 15) is 13.2 Å². The van der Waals surface area contributed by atoms with Gasteiger partial charge in [-0.3, -0.25) is 4.98 Å². The summed E-state index contributed by atoms with van der Waals surface area (Å²) < 4.78 is 39.0. The summed E-state index contributed by atoms with van der Waals surface area (Å²) in [4.78, 5) is 20.1. The summed E-state index contributed by atoms with van der Waals surface area (Å²) in [5.41, 5.74) is 2.38. The highest BCUT2D eigenvalue weighted by atomic mass is 32.2. The average Bonchev–Trinajstić information content (AvgIpc) is 2.76. The Balaban J connectivity index is 1.79. The highest BCUT2D eigenvalue weighted by Crippen LogP contribution is 2.28. The lowest BCUT2D eigenvalue weighted by Gasteiger charge is -2.21. The van der Waals surface area contributed by atoms with Gasteiger partial charge in [0.25, 0.3) is 0 Å². The number of pyridine rings is 2. The number of methoxy groups -OCH3 is 1. The van der Waals surface area contributed by atoms with Crippen molar-refractivity contribution in [1.29, 1.82) is 0 Å². The summed E-state index contributed by atoms with van der Waals surface area (Å²) in [6.45, 7) is 7.52. The number of nitrogens with zero attached hydrogens (tertiary/aromatic N) is 2. The number of rotatable bonds is 7. The zero-order valence-corrected chi connectivity index (χ0v) is 20.1. The fourth-order valence-corrected chi connectivity index (χ4v) is 4.68. The minimum Gasteiger partial charge on any atom is -0.487 e.